The van der Waals surface area contributed by atoms with E-state index in [1.807, 2.05) is 0 Å². The van der Waals surface area contributed by atoms with Crippen molar-refractivity contribution in [1.29, 1.82) is 0 Å². The molecular formula is C13H18Cl2N2. The fourth-order valence-corrected chi connectivity index (χ4v) is 2.84. The van der Waals surface area contributed by atoms with E-state index in [2.05, 4.69) is 17.2 Å². The number of pyridine rings is 1. The highest BCUT2D eigenvalue weighted by Gasteiger charge is 2.20. The van der Waals surface area contributed by atoms with E-state index < -0.39 is 0 Å². The van der Waals surface area contributed by atoms with Crippen LogP contribution in [0, 0.1) is 5.92 Å². The summed E-state index contributed by atoms with van der Waals surface area (Å²) in [5, 5.41) is 4.65. The number of anilines is 1. The molecule has 0 aromatic carbocycles. The average Bonchev–Trinajstić information content (AvgIpc) is 2.48. The fourth-order valence-electron chi connectivity index (χ4n) is 2.40. The van der Waals surface area contributed by atoms with Gasteiger partial charge in [0.25, 0.3) is 0 Å². The zero-order chi connectivity index (χ0) is 12.3. The highest BCUT2D eigenvalue weighted by atomic mass is 35.5. The highest BCUT2D eigenvalue weighted by molar-refractivity contribution is 6.35. The normalized spacial score (nSPS) is 25.4. The van der Waals surface area contributed by atoms with Gasteiger partial charge in [-0.1, -0.05) is 49.4 Å². The zero-order valence-corrected chi connectivity index (χ0v) is 11.6. The summed E-state index contributed by atoms with van der Waals surface area (Å²) in [6.45, 7) is 2.30. The van der Waals surface area contributed by atoms with Crippen LogP contribution < -0.4 is 5.32 Å². The monoisotopic (exact) mass is 272 g/mol. The maximum atomic E-state index is 6.13. The number of rotatable bonds is 2. The topological polar surface area (TPSA) is 24.9 Å². The van der Waals surface area contributed by atoms with Gasteiger partial charge in [0.15, 0.2) is 0 Å². The number of hydrogen-bond donors (Lipinski definition) is 1. The van der Waals surface area contributed by atoms with Crippen molar-refractivity contribution in [2.24, 2.45) is 5.92 Å². The van der Waals surface area contributed by atoms with Crippen molar-refractivity contribution >= 4 is 29.0 Å². The fraction of sp³-hybridized carbons (Fsp3) is 0.615. The Morgan fingerprint density at radius 1 is 1.24 bits per heavy atom. The molecule has 2 atom stereocenters. The van der Waals surface area contributed by atoms with E-state index >= 15 is 0 Å². The van der Waals surface area contributed by atoms with Crippen molar-refractivity contribution in [2.45, 2.75) is 45.1 Å². The quantitative estimate of drug-likeness (QED) is 0.785. The molecule has 1 saturated carbocycles. The molecule has 94 valence electrons. The smallest absolute Gasteiger partial charge is 0.145 e. The number of hydrogen-bond acceptors (Lipinski definition) is 2. The van der Waals surface area contributed by atoms with Crippen LogP contribution in [0.15, 0.2) is 12.3 Å². The first-order valence-corrected chi connectivity index (χ1v) is 7.00. The standard InChI is InChI=1S/C13H18Cl2N2/c1-9-5-3-2-4-6-12(9)17-13-11(15)7-10(14)8-16-13/h7-9,12H,2-6H2,1H3,(H,16,17). The van der Waals surface area contributed by atoms with E-state index in [9.17, 15) is 0 Å². The second-order valence-corrected chi connectivity index (χ2v) is 5.69. The number of halogens is 2. The molecule has 2 nitrogen and oxygen atoms in total. The van der Waals surface area contributed by atoms with Gasteiger partial charge in [0.05, 0.1) is 10.0 Å². The van der Waals surface area contributed by atoms with Gasteiger partial charge in [0, 0.05) is 12.2 Å². The van der Waals surface area contributed by atoms with Crippen LogP contribution in [0.25, 0.3) is 0 Å². The Balaban J connectivity index is 2.08. The average molecular weight is 273 g/mol. The van der Waals surface area contributed by atoms with Crippen molar-refractivity contribution in [1.82, 2.24) is 4.98 Å². The van der Waals surface area contributed by atoms with Gasteiger partial charge in [0.1, 0.15) is 5.82 Å². The minimum absolute atomic E-state index is 0.476. The first-order valence-electron chi connectivity index (χ1n) is 6.24. The molecule has 1 heterocycles. The maximum absolute atomic E-state index is 6.13. The Bertz CT molecular complexity index is 382. The summed E-state index contributed by atoms with van der Waals surface area (Å²) >= 11 is 12.0. The summed E-state index contributed by atoms with van der Waals surface area (Å²) in [4.78, 5) is 4.26. The summed E-state index contributed by atoms with van der Waals surface area (Å²) in [7, 11) is 0. The van der Waals surface area contributed by atoms with E-state index in [4.69, 9.17) is 23.2 Å². The predicted molar refractivity (Wildman–Crippen MR) is 73.9 cm³/mol. The minimum atomic E-state index is 0.476. The molecule has 1 aliphatic carbocycles. The summed E-state index contributed by atoms with van der Waals surface area (Å²) < 4.78 is 0. The van der Waals surface area contributed by atoms with Gasteiger partial charge in [0.2, 0.25) is 0 Å². The van der Waals surface area contributed by atoms with E-state index in [0.717, 1.165) is 5.82 Å². The van der Waals surface area contributed by atoms with Gasteiger partial charge in [-0.2, -0.15) is 0 Å². The van der Waals surface area contributed by atoms with Crippen molar-refractivity contribution in [2.75, 3.05) is 5.32 Å². The van der Waals surface area contributed by atoms with E-state index in [1.54, 1.807) is 12.3 Å². The van der Waals surface area contributed by atoms with Crippen LogP contribution in [0.5, 0.6) is 0 Å². The van der Waals surface area contributed by atoms with Gasteiger partial charge >= 0.3 is 0 Å². The number of nitrogens with one attached hydrogen (secondary N) is 1. The molecule has 1 aliphatic rings. The second kappa shape index (κ2) is 5.92. The van der Waals surface area contributed by atoms with Crippen molar-refractivity contribution < 1.29 is 0 Å². The van der Waals surface area contributed by atoms with Gasteiger partial charge in [-0.25, -0.2) is 4.98 Å². The Morgan fingerprint density at radius 3 is 2.76 bits per heavy atom. The van der Waals surface area contributed by atoms with Gasteiger partial charge in [-0.15, -0.1) is 0 Å². The highest BCUT2D eigenvalue weighted by Crippen LogP contribution is 2.29. The third kappa shape index (κ3) is 3.49. The molecule has 1 aromatic heterocycles. The van der Waals surface area contributed by atoms with E-state index in [0.29, 0.717) is 22.0 Å². The van der Waals surface area contributed by atoms with Crippen LogP contribution in [0.2, 0.25) is 10.0 Å². The van der Waals surface area contributed by atoms with Gasteiger partial charge < -0.3 is 5.32 Å². The van der Waals surface area contributed by atoms with Crippen LogP contribution >= 0.6 is 23.2 Å². The predicted octanol–water partition coefficient (Wildman–Crippen LogP) is 4.77. The molecule has 0 saturated heterocycles. The first kappa shape index (κ1) is 13.0. The molecule has 1 N–H and O–H groups in total. The molecule has 0 bridgehead atoms. The zero-order valence-electron chi connectivity index (χ0n) is 10.0. The third-order valence-electron chi connectivity index (χ3n) is 3.49. The molecule has 4 heteroatoms. The van der Waals surface area contributed by atoms with Crippen LogP contribution in [-0.4, -0.2) is 11.0 Å². The Kier molecular flexibility index (Phi) is 4.52. The molecule has 0 radical (unpaired) electrons. The van der Waals surface area contributed by atoms with E-state index in [1.165, 1.54) is 32.1 Å². The molecule has 0 aliphatic heterocycles. The molecular weight excluding hydrogens is 255 g/mol. The summed E-state index contributed by atoms with van der Waals surface area (Å²) in [6.07, 6.45) is 8.07. The number of nitrogens with zero attached hydrogens (tertiary/aromatic N) is 1. The second-order valence-electron chi connectivity index (χ2n) is 4.85. The summed E-state index contributed by atoms with van der Waals surface area (Å²) in [6, 6.07) is 2.21. The van der Waals surface area contributed by atoms with Crippen LogP contribution in [-0.2, 0) is 0 Å². The van der Waals surface area contributed by atoms with Crippen LogP contribution in [0.3, 0.4) is 0 Å². The lowest BCUT2D eigenvalue weighted by Crippen LogP contribution is -2.26. The maximum Gasteiger partial charge on any atom is 0.145 e. The Hall–Kier alpha value is -0.470. The lowest BCUT2D eigenvalue weighted by atomic mass is 9.97. The Morgan fingerprint density at radius 2 is 2.00 bits per heavy atom. The van der Waals surface area contributed by atoms with Crippen LogP contribution in [0.4, 0.5) is 5.82 Å². The molecule has 0 amide bonds. The molecule has 2 unspecified atom stereocenters. The van der Waals surface area contributed by atoms with Crippen molar-refractivity contribution in [3.05, 3.63) is 22.3 Å². The SMILES string of the molecule is CC1CCCCCC1Nc1ncc(Cl)cc1Cl. The minimum Gasteiger partial charge on any atom is -0.366 e. The van der Waals surface area contributed by atoms with Crippen molar-refractivity contribution in [3.8, 4) is 0 Å². The molecule has 1 fully saturated rings. The first-order chi connectivity index (χ1) is 8.16. The summed E-state index contributed by atoms with van der Waals surface area (Å²) in [5.41, 5.74) is 0. The molecule has 1 aromatic rings. The van der Waals surface area contributed by atoms with E-state index in [-0.39, 0.29) is 0 Å². The lowest BCUT2D eigenvalue weighted by Gasteiger charge is -2.23. The van der Waals surface area contributed by atoms with Crippen molar-refractivity contribution in [3.63, 3.8) is 0 Å². The Labute approximate surface area is 113 Å². The number of aromatic nitrogens is 1. The van der Waals surface area contributed by atoms with Gasteiger partial charge in [-0.3, -0.25) is 0 Å². The summed E-state index contributed by atoms with van der Waals surface area (Å²) in [5.74, 6) is 1.43. The molecule has 0 spiro atoms. The largest absolute Gasteiger partial charge is 0.366 e. The third-order valence-corrected chi connectivity index (χ3v) is 3.99. The lowest BCUT2D eigenvalue weighted by molar-refractivity contribution is 0.455. The molecule has 17 heavy (non-hydrogen) atoms. The molecule has 2 rings (SSSR count). The van der Waals surface area contributed by atoms with Gasteiger partial charge in [-0.05, 0) is 24.8 Å². The van der Waals surface area contributed by atoms with Crippen LogP contribution in [0.1, 0.15) is 39.0 Å².